The van der Waals surface area contributed by atoms with Gasteiger partial charge in [0.05, 0.1) is 18.3 Å². The van der Waals surface area contributed by atoms with Crippen LogP contribution in [0.15, 0.2) is 30.3 Å². The van der Waals surface area contributed by atoms with Crippen LogP contribution in [0.1, 0.15) is 26.0 Å². The second kappa shape index (κ2) is 7.23. The summed E-state index contributed by atoms with van der Waals surface area (Å²) in [4.78, 5) is 2.32. The van der Waals surface area contributed by atoms with Gasteiger partial charge in [-0.15, -0.1) is 0 Å². The minimum atomic E-state index is 0.491. The summed E-state index contributed by atoms with van der Waals surface area (Å²) in [6.07, 6.45) is 3.35. The molecule has 1 aromatic heterocycles. The highest BCUT2D eigenvalue weighted by Gasteiger charge is 2.20. The zero-order valence-corrected chi connectivity index (χ0v) is 14.8. The normalized spacial score (nSPS) is 15.7. The Labute approximate surface area is 142 Å². The highest BCUT2D eigenvalue weighted by molar-refractivity contribution is 6.99. The van der Waals surface area contributed by atoms with E-state index in [1.54, 1.807) is 0 Å². The second-order valence-corrected chi connectivity index (χ2v) is 6.95. The molecule has 0 bridgehead atoms. The smallest absolute Gasteiger partial charge is 0.128 e. The second-order valence-electron chi connectivity index (χ2n) is 6.42. The third-order valence-electron chi connectivity index (χ3n) is 3.85. The first-order chi connectivity index (χ1) is 11.1. The molecule has 122 valence electrons. The zero-order chi connectivity index (χ0) is 16.2. The van der Waals surface area contributed by atoms with Crippen molar-refractivity contribution >= 4 is 17.3 Å². The van der Waals surface area contributed by atoms with E-state index >= 15 is 0 Å². The van der Waals surface area contributed by atoms with Crippen LogP contribution in [0, 0.1) is 5.92 Å². The summed E-state index contributed by atoms with van der Waals surface area (Å²) in [5.74, 6) is 1.38. The maximum absolute atomic E-state index is 5.99. The van der Waals surface area contributed by atoms with Gasteiger partial charge in [-0.25, -0.2) is 0 Å². The first-order valence-electron chi connectivity index (χ1n) is 8.08. The Balaban J connectivity index is 1.94. The molecule has 0 amide bonds. The summed E-state index contributed by atoms with van der Waals surface area (Å²) in [6.45, 7) is 7.04. The summed E-state index contributed by atoms with van der Waals surface area (Å²) >= 11 is 1.27. The Bertz CT molecular complexity index is 693. The van der Waals surface area contributed by atoms with Gasteiger partial charge in [0.15, 0.2) is 0 Å². The molecule has 2 heterocycles. The molecule has 0 spiro atoms. The number of rotatable bonds is 5. The molecule has 0 radical (unpaired) electrons. The van der Waals surface area contributed by atoms with Crippen LogP contribution < -0.4 is 4.74 Å². The molecule has 3 rings (SSSR count). The molecule has 0 aliphatic carbocycles. The van der Waals surface area contributed by atoms with E-state index in [0.29, 0.717) is 12.5 Å². The molecule has 1 aliphatic rings. The lowest BCUT2D eigenvalue weighted by atomic mass is 10.0. The maximum Gasteiger partial charge on any atom is 0.128 e. The number of nitrogens with zero attached hydrogens (tertiary/aromatic N) is 3. The van der Waals surface area contributed by atoms with Gasteiger partial charge in [0.25, 0.3) is 0 Å². The van der Waals surface area contributed by atoms with Crippen molar-refractivity contribution in [2.75, 3.05) is 26.7 Å². The summed E-state index contributed by atoms with van der Waals surface area (Å²) in [5.41, 5.74) is 4.24. The van der Waals surface area contributed by atoms with E-state index < -0.39 is 0 Å². The molecule has 4 nitrogen and oxygen atoms in total. The van der Waals surface area contributed by atoms with Gasteiger partial charge in [0.2, 0.25) is 0 Å². The summed E-state index contributed by atoms with van der Waals surface area (Å²) in [6, 6.07) is 8.12. The average Bonchev–Trinajstić information content (AvgIpc) is 3.02. The Hall–Kier alpha value is -1.72. The van der Waals surface area contributed by atoms with Crippen LogP contribution in [-0.4, -0.2) is 40.4 Å². The van der Waals surface area contributed by atoms with Crippen molar-refractivity contribution in [2.24, 2.45) is 5.92 Å². The quantitative estimate of drug-likeness (QED) is 0.832. The molecule has 0 atom stereocenters. The molecule has 5 heteroatoms. The van der Waals surface area contributed by atoms with Gasteiger partial charge in [-0.3, -0.25) is 0 Å². The molecule has 0 unspecified atom stereocenters. The fourth-order valence-corrected chi connectivity index (χ4v) is 3.28. The summed E-state index contributed by atoms with van der Waals surface area (Å²) < 4.78 is 15.1. The Morgan fingerprint density at radius 3 is 2.78 bits per heavy atom. The average molecular weight is 329 g/mol. The van der Waals surface area contributed by atoms with E-state index in [9.17, 15) is 0 Å². The van der Waals surface area contributed by atoms with Gasteiger partial charge in [0, 0.05) is 18.7 Å². The van der Waals surface area contributed by atoms with Crippen LogP contribution in [0.4, 0.5) is 0 Å². The van der Waals surface area contributed by atoms with Gasteiger partial charge in [0.1, 0.15) is 17.1 Å². The fraction of sp³-hybridized carbons (Fsp3) is 0.444. The third-order valence-corrected chi connectivity index (χ3v) is 4.38. The van der Waals surface area contributed by atoms with Crippen molar-refractivity contribution in [2.45, 2.75) is 20.3 Å². The molecule has 0 saturated heterocycles. The van der Waals surface area contributed by atoms with Crippen molar-refractivity contribution in [3.8, 4) is 17.0 Å². The molecule has 23 heavy (non-hydrogen) atoms. The van der Waals surface area contributed by atoms with Crippen molar-refractivity contribution in [3.05, 3.63) is 36.0 Å². The SMILES string of the molecule is CC(C)COc1ccccc1-c1nsnc1C1=CCCN(C)C1. The first kappa shape index (κ1) is 16.1. The van der Waals surface area contributed by atoms with Crippen LogP contribution in [0.2, 0.25) is 0 Å². The predicted molar refractivity (Wildman–Crippen MR) is 95.8 cm³/mol. The van der Waals surface area contributed by atoms with Crippen molar-refractivity contribution in [1.29, 1.82) is 0 Å². The third kappa shape index (κ3) is 3.79. The van der Waals surface area contributed by atoms with Gasteiger partial charge < -0.3 is 9.64 Å². The number of hydrogen-bond acceptors (Lipinski definition) is 5. The van der Waals surface area contributed by atoms with Crippen LogP contribution in [0.5, 0.6) is 5.75 Å². The van der Waals surface area contributed by atoms with Crippen LogP contribution >= 0.6 is 11.7 Å². The van der Waals surface area contributed by atoms with Gasteiger partial charge in [-0.1, -0.05) is 32.1 Å². The first-order valence-corrected chi connectivity index (χ1v) is 8.81. The molecular weight excluding hydrogens is 306 g/mol. The minimum Gasteiger partial charge on any atom is -0.493 e. The van der Waals surface area contributed by atoms with Crippen molar-refractivity contribution in [1.82, 2.24) is 13.6 Å². The van der Waals surface area contributed by atoms with Gasteiger partial charge >= 0.3 is 0 Å². The zero-order valence-electron chi connectivity index (χ0n) is 14.0. The molecule has 0 saturated carbocycles. The van der Waals surface area contributed by atoms with E-state index in [-0.39, 0.29) is 0 Å². The number of likely N-dealkylation sites (N-methyl/N-ethyl adjacent to an activating group) is 1. The van der Waals surface area contributed by atoms with Crippen LogP contribution in [0.25, 0.3) is 16.8 Å². The van der Waals surface area contributed by atoms with E-state index in [1.165, 1.54) is 17.3 Å². The van der Waals surface area contributed by atoms with Crippen molar-refractivity contribution in [3.63, 3.8) is 0 Å². The lowest BCUT2D eigenvalue weighted by Gasteiger charge is -2.22. The number of hydrogen-bond donors (Lipinski definition) is 0. The monoisotopic (exact) mass is 329 g/mol. The Morgan fingerprint density at radius 1 is 1.22 bits per heavy atom. The van der Waals surface area contributed by atoms with Crippen LogP contribution in [-0.2, 0) is 0 Å². The summed E-state index contributed by atoms with van der Waals surface area (Å²) in [5, 5.41) is 0. The molecule has 0 fully saturated rings. The van der Waals surface area contributed by atoms with E-state index in [1.807, 2.05) is 18.2 Å². The molecule has 2 aromatic rings. The minimum absolute atomic E-state index is 0.491. The number of benzene rings is 1. The lowest BCUT2D eigenvalue weighted by Crippen LogP contribution is -2.25. The van der Waals surface area contributed by atoms with E-state index in [4.69, 9.17) is 4.74 Å². The number of para-hydroxylation sites is 1. The van der Waals surface area contributed by atoms with Crippen LogP contribution in [0.3, 0.4) is 0 Å². The predicted octanol–water partition coefficient (Wildman–Crippen LogP) is 3.96. The van der Waals surface area contributed by atoms with Gasteiger partial charge in [-0.2, -0.15) is 8.75 Å². The number of aromatic nitrogens is 2. The topological polar surface area (TPSA) is 38.3 Å². The lowest BCUT2D eigenvalue weighted by molar-refractivity contribution is 0.272. The summed E-state index contributed by atoms with van der Waals surface area (Å²) in [7, 11) is 2.15. The number of ether oxygens (including phenoxy) is 1. The standard InChI is InChI=1S/C18H23N3OS/c1-13(2)12-22-16-9-5-4-8-15(16)18-17(19-23-20-18)14-7-6-10-21(3)11-14/h4-5,7-9,13H,6,10-12H2,1-3H3. The largest absolute Gasteiger partial charge is 0.493 e. The molecule has 0 N–H and O–H groups in total. The van der Waals surface area contributed by atoms with E-state index in [2.05, 4.69) is 46.7 Å². The highest BCUT2D eigenvalue weighted by Crippen LogP contribution is 2.35. The molecule has 1 aromatic carbocycles. The highest BCUT2D eigenvalue weighted by atomic mass is 32.1. The maximum atomic E-state index is 5.99. The van der Waals surface area contributed by atoms with Gasteiger partial charge in [-0.05, 0) is 37.1 Å². The molecule has 1 aliphatic heterocycles. The molecular formula is C18H23N3OS. The van der Waals surface area contributed by atoms with Crippen molar-refractivity contribution < 1.29 is 4.74 Å². The Morgan fingerprint density at radius 2 is 2.00 bits per heavy atom. The van der Waals surface area contributed by atoms with E-state index in [0.717, 1.165) is 42.2 Å². The fourth-order valence-electron chi connectivity index (χ4n) is 2.69. The Kier molecular flexibility index (Phi) is 5.08.